The predicted octanol–water partition coefficient (Wildman–Crippen LogP) is 3.65. The molecule has 0 bridgehead atoms. The topological polar surface area (TPSA) is 96.3 Å². The van der Waals surface area contributed by atoms with E-state index in [1.54, 1.807) is 60.3 Å². The monoisotopic (exact) mass is 451 g/mol. The van der Waals surface area contributed by atoms with Crippen LogP contribution in [0.3, 0.4) is 0 Å². The van der Waals surface area contributed by atoms with Crippen LogP contribution in [0.15, 0.2) is 97.2 Å². The Hall–Kier alpha value is -4.72. The molecular formula is C26H21N5O3. The van der Waals surface area contributed by atoms with E-state index in [0.717, 1.165) is 16.3 Å². The number of hydrazine groups is 1. The predicted molar refractivity (Wildman–Crippen MR) is 126 cm³/mol. The van der Waals surface area contributed by atoms with Crippen LogP contribution < -0.4 is 10.7 Å². The smallest absolute Gasteiger partial charge is 0.318 e. The molecule has 8 heteroatoms. The highest BCUT2D eigenvalue weighted by atomic mass is 16.2. The van der Waals surface area contributed by atoms with Crippen molar-refractivity contribution in [1.82, 2.24) is 25.5 Å². The summed E-state index contributed by atoms with van der Waals surface area (Å²) < 4.78 is 1.73. The van der Waals surface area contributed by atoms with Gasteiger partial charge in [-0.1, -0.05) is 66.7 Å². The van der Waals surface area contributed by atoms with E-state index >= 15 is 0 Å². The Kier molecular flexibility index (Phi) is 5.18. The van der Waals surface area contributed by atoms with E-state index in [2.05, 4.69) is 15.8 Å². The van der Waals surface area contributed by atoms with Gasteiger partial charge in [0.2, 0.25) is 0 Å². The Balaban J connectivity index is 1.39. The molecule has 5 rings (SSSR count). The molecule has 4 amide bonds. The molecule has 1 aliphatic rings. The molecular weight excluding hydrogens is 430 g/mol. The molecule has 1 saturated heterocycles. The summed E-state index contributed by atoms with van der Waals surface area (Å²) in [7, 11) is 0. The van der Waals surface area contributed by atoms with Gasteiger partial charge in [-0.15, -0.1) is 0 Å². The molecule has 0 saturated carbocycles. The number of nitrogens with one attached hydrogen (secondary N) is 2. The van der Waals surface area contributed by atoms with Crippen LogP contribution in [-0.2, 0) is 10.3 Å². The Morgan fingerprint density at radius 3 is 2.35 bits per heavy atom. The summed E-state index contributed by atoms with van der Waals surface area (Å²) in [5, 5.41) is 7.80. The molecule has 2 N–H and O–H groups in total. The van der Waals surface area contributed by atoms with Crippen LogP contribution in [0.1, 0.15) is 22.8 Å². The van der Waals surface area contributed by atoms with E-state index in [9.17, 15) is 14.4 Å². The highest BCUT2D eigenvalue weighted by molar-refractivity contribution is 6.09. The number of carbonyl (C=O) groups excluding carboxylic acids is 3. The van der Waals surface area contributed by atoms with Crippen LogP contribution in [0.5, 0.6) is 0 Å². The second kappa shape index (κ2) is 8.32. The molecule has 2 heterocycles. The van der Waals surface area contributed by atoms with Gasteiger partial charge in [0.1, 0.15) is 5.54 Å². The van der Waals surface area contributed by atoms with Gasteiger partial charge in [-0.2, -0.15) is 10.1 Å². The lowest BCUT2D eigenvalue weighted by atomic mass is 9.92. The minimum Gasteiger partial charge on any atom is -0.318 e. The molecule has 1 aromatic heterocycles. The summed E-state index contributed by atoms with van der Waals surface area (Å²) >= 11 is 0. The van der Waals surface area contributed by atoms with Crippen LogP contribution in [-0.4, -0.2) is 32.6 Å². The second-order valence-electron chi connectivity index (χ2n) is 8.05. The normalized spacial score (nSPS) is 17.5. The number of rotatable bonds is 5. The third kappa shape index (κ3) is 3.61. The van der Waals surface area contributed by atoms with Crippen LogP contribution in [0, 0.1) is 0 Å². The number of nitrogens with zero attached hydrogens (tertiary/aromatic N) is 3. The summed E-state index contributed by atoms with van der Waals surface area (Å²) in [5.74, 6) is -1.15. The Morgan fingerprint density at radius 1 is 0.912 bits per heavy atom. The zero-order valence-corrected chi connectivity index (χ0v) is 18.3. The molecule has 34 heavy (non-hydrogen) atoms. The Bertz CT molecular complexity index is 1380. The van der Waals surface area contributed by atoms with Gasteiger partial charge in [-0.05, 0) is 36.8 Å². The second-order valence-corrected chi connectivity index (χ2v) is 8.05. The van der Waals surface area contributed by atoms with Crippen molar-refractivity contribution in [1.29, 1.82) is 0 Å². The number of urea groups is 1. The summed E-state index contributed by atoms with van der Waals surface area (Å²) in [6.07, 6.45) is 1.69. The van der Waals surface area contributed by atoms with Gasteiger partial charge in [0, 0.05) is 11.1 Å². The van der Waals surface area contributed by atoms with E-state index in [4.69, 9.17) is 0 Å². The van der Waals surface area contributed by atoms with Gasteiger partial charge < -0.3 is 5.32 Å². The lowest BCUT2D eigenvalue weighted by Crippen LogP contribution is -2.47. The Morgan fingerprint density at radius 2 is 1.62 bits per heavy atom. The van der Waals surface area contributed by atoms with Crippen molar-refractivity contribution in [3.63, 3.8) is 0 Å². The average Bonchev–Trinajstić information content (AvgIpc) is 3.45. The van der Waals surface area contributed by atoms with Gasteiger partial charge in [-0.25, -0.2) is 9.48 Å². The first-order valence-corrected chi connectivity index (χ1v) is 10.7. The van der Waals surface area contributed by atoms with Gasteiger partial charge in [0.15, 0.2) is 0 Å². The zero-order valence-electron chi connectivity index (χ0n) is 18.3. The molecule has 4 aromatic rings. The third-order valence-corrected chi connectivity index (χ3v) is 5.82. The van der Waals surface area contributed by atoms with Crippen molar-refractivity contribution in [3.05, 3.63) is 108 Å². The minimum absolute atomic E-state index is 0.279. The molecule has 1 unspecified atom stereocenters. The number of benzene rings is 3. The van der Waals surface area contributed by atoms with Crippen molar-refractivity contribution in [2.75, 3.05) is 0 Å². The van der Waals surface area contributed by atoms with Gasteiger partial charge in [0.05, 0.1) is 17.6 Å². The van der Waals surface area contributed by atoms with Crippen molar-refractivity contribution in [3.8, 4) is 16.9 Å². The fraction of sp³-hybridized carbons (Fsp3) is 0.0769. The summed E-state index contributed by atoms with van der Waals surface area (Å²) in [6, 6.07) is 26.7. The average molecular weight is 451 g/mol. The van der Waals surface area contributed by atoms with Gasteiger partial charge in [-0.3, -0.25) is 15.0 Å². The van der Waals surface area contributed by atoms with Crippen LogP contribution >= 0.6 is 0 Å². The largest absolute Gasteiger partial charge is 0.344 e. The van der Waals surface area contributed by atoms with Gasteiger partial charge in [0.25, 0.3) is 11.8 Å². The van der Waals surface area contributed by atoms with E-state index in [0.29, 0.717) is 11.3 Å². The van der Waals surface area contributed by atoms with Crippen molar-refractivity contribution in [2.45, 2.75) is 12.5 Å². The molecule has 1 fully saturated rings. The number of hydrogen-bond donors (Lipinski definition) is 2. The summed E-state index contributed by atoms with van der Waals surface area (Å²) in [4.78, 5) is 38.6. The molecule has 8 nitrogen and oxygen atoms in total. The minimum atomic E-state index is -1.27. The maximum atomic E-state index is 13.1. The lowest BCUT2D eigenvalue weighted by Gasteiger charge is -2.22. The molecule has 0 radical (unpaired) electrons. The number of aromatic nitrogens is 2. The number of imide groups is 1. The summed E-state index contributed by atoms with van der Waals surface area (Å²) in [5.41, 5.74) is 4.59. The molecule has 0 aliphatic carbocycles. The van der Waals surface area contributed by atoms with Crippen LogP contribution in [0.4, 0.5) is 4.79 Å². The lowest BCUT2D eigenvalue weighted by molar-refractivity contribution is -0.132. The highest BCUT2D eigenvalue weighted by Gasteiger charge is 2.50. The number of amides is 4. The van der Waals surface area contributed by atoms with Crippen molar-refractivity contribution < 1.29 is 14.4 Å². The third-order valence-electron chi connectivity index (χ3n) is 5.82. The maximum absolute atomic E-state index is 13.1. The Labute approximate surface area is 195 Å². The van der Waals surface area contributed by atoms with Crippen molar-refractivity contribution in [2.24, 2.45) is 0 Å². The molecule has 168 valence electrons. The fourth-order valence-electron chi connectivity index (χ4n) is 3.99. The van der Waals surface area contributed by atoms with Crippen LogP contribution in [0.25, 0.3) is 16.9 Å². The SMILES string of the molecule is CC1(c2ccccc2)NC(=O)N(NC(=O)c2cccc(-n3nccc3-c3ccccc3)c2)C1=O. The fourth-order valence-corrected chi connectivity index (χ4v) is 3.99. The standard InChI is InChI=1S/C26H21N5O3/c1-26(20-12-6-3-7-13-20)24(33)31(25(34)28-26)29-23(32)19-11-8-14-21(17-19)30-22(15-16-27-30)18-9-4-2-5-10-18/h2-17H,1H3,(H,28,34)(H,29,32). The molecule has 1 aliphatic heterocycles. The maximum Gasteiger partial charge on any atom is 0.344 e. The van der Waals surface area contributed by atoms with Crippen LogP contribution in [0.2, 0.25) is 0 Å². The number of hydrogen-bond acceptors (Lipinski definition) is 4. The van der Waals surface area contributed by atoms with Gasteiger partial charge >= 0.3 is 6.03 Å². The van der Waals surface area contributed by atoms with E-state index in [1.165, 1.54) is 0 Å². The van der Waals surface area contributed by atoms with E-state index in [1.807, 2.05) is 48.5 Å². The van der Waals surface area contributed by atoms with Crippen molar-refractivity contribution >= 4 is 17.8 Å². The quantitative estimate of drug-likeness (QED) is 0.453. The number of carbonyl (C=O) groups is 3. The molecule has 3 aromatic carbocycles. The first-order chi connectivity index (χ1) is 16.5. The highest BCUT2D eigenvalue weighted by Crippen LogP contribution is 2.28. The van der Waals surface area contributed by atoms with E-state index in [-0.39, 0.29) is 5.56 Å². The zero-order chi connectivity index (χ0) is 23.7. The molecule has 1 atom stereocenters. The molecule has 0 spiro atoms. The van der Waals surface area contributed by atoms with E-state index < -0.39 is 23.4 Å². The first-order valence-electron chi connectivity index (χ1n) is 10.7. The summed E-state index contributed by atoms with van der Waals surface area (Å²) in [6.45, 7) is 1.61. The first kappa shape index (κ1) is 21.1.